The Balaban J connectivity index is 1.27. The van der Waals surface area contributed by atoms with E-state index in [0.29, 0.717) is 23.0 Å². The van der Waals surface area contributed by atoms with E-state index in [9.17, 15) is 5.26 Å². The van der Waals surface area contributed by atoms with E-state index in [1.807, 2.05) is 97.1 Å². The lowest BCUT2D eigenvalue weighted by molar-refractivity contribution is 0.434. The van der Waals surface area contributed by atoms with Gasteiger partial charge in [0.15, 0.2) is 17.5 Å². The van der Waals surface area contributed by atoms with Gasteiger partial charge >= 0.3 is 0 Å². The molecule has 0 atom stereocenters. The zero-order valence-electron chi connectivity index (χ0n) is 28.0. The van der Waals surface area contributed by atoms with Crippen molar-refractivity contribution in [1.82, 2.24) is 15.0 Å². The van der Waals surface area contributed by atoms with Crippen LogP contribution in [0, 0.1) is 11.3 Å². The molecule has 244 valence electrons. The van der Waals surface area contributed by atoms with Crippen LogP contribution in [0.5, 0.6) is 11.5 Å². The zero-order valence-corrected chi connectivity index (χ0v) is 28.0. The Hall–Kier alpha value is -7.16. The van der Waals surface area contributed by atoms with Gasteiger partial charge in [0.05, 0.1) is 17.0 Å². The van der Waals surface area contributed by atoms with Crippen LogP contribution in [-0.2, 0) is 5.41 Å². The molecule has 5 heteroatoms. The van der Waals surface area contributed by atoms with Crippen LogP contribution in [0.3, 0.4) is 0 Å². The van der Waals surface area contributed by atoms with Crippen LogP contribution >= 0.6 is 0 Å². The van der Waals surface area contributed by atoms with Crippen molar-refractivity contribution >= 4 is 0 Å². The number of para-hydroxylation sites is 1. The van der Waals surface area contributed by atoms with Gasteiger partial charge in [0.1, 0.15) is 11.5 Å². The molecule has 0 bridgehead atoms. The third kappa shape index (κ3) is 5.31. The molecule has 0 N–H and O–H groups in total. The highest BCUT2D eigenvalue weighted by atomic mass is 16.5. The summed E-state index contributed by atoms with van der Waals surface area (Å²) in [7, 11) is 0. The summed E-state index contributed by atoms with van der Waals surface area (Å²) in [6.07, 6.45) is 0. The molecule has 1 aliphatic heterocycles. The number of rotatable bonds is 6. The van der Waals surface area contributed by atoms with Gasteiger partial charge in [-0.3, -0.25) is 0 Å². The molecule has 2 heterocycles. The Morgan fingerprint density at radius 2 is 0.904 bits per heavy atom. The number of benzene rings is 7. The molecule has 1 aromatic heterocycles. The van der Waals surface area contributed by atoms with Crippen molar-refractivity contribution in [2.75, 3.05) is 0 Å². The summed E-state index contributed by atoms with van der Waals surface area (Å²) >= 11 is 0. The molecule has 5 nitrogen and oxygen atoms in total. The number of hydrogen-bond donors (Lipinski definition) is 0. The molecule has 8 aromatic rings. The monoisotopic (exact) mass is 666 g/mol. The Labute approximate surface area is 302 Å². The number of nitriles is 1. The predicted molar refractivity (Wildman–Crippen MR) is 205 cm³/mol. The van der Waals surface area contributed by atoms with Crippen molar-refractivity contribution in [3.8, 4) is 62.9 Å². The fourth-order valence-electron chi connectivity index (χ4n) is 7.30. The number of fused-ring (bicyclic) bond motifs is 2. The molecule has 7 aromatic carbocycles. The highest BCUT2D eigenvalue weighted by Gasteiger charge is 2.45. The Bertz CT molecular complexity index is 2580. The van der Waals surface area contributed by atoms with E-state index in [1.54, 1.807) is 0 Å². The molecule has 0 radical (unpaired) electrons. The number of nitrogens with zero attached hydrogens (tertiary/aromatic N) is 4. The molecule has 0 spiro atoms. The molecule has 9 rings (SSSR count). The van der Waals surface area contributed by atoms with E-state index in [-0.39, 0.29) is 0 Å². The van der Waals surface area contributed by atoms with Gasteiger partial charge in [-0.1, -0.05) is 140 Å². The van der Waals surface area contributed by atoms with Crippen molar-refractivity contribution in [2.24, 2.45) is 0 Å². The van der Waals surface area contributed by atoms with Crippen LogP contribution in [0.15, 0.2) is 182 Å². The summed E-state index contributed by atoms with van der Waals surface area (Å²) in [5.74, 6) is 3.29. The van der Waals surface area contributed by atoms with Crippen molar-refractivity contribution < 1.29 is 4.74 Å². The summed E-state index contributed by atoms with van der Waals surface area (Å²) in [6, 6.07) is 63.8. The van der Waals surface area contributed by atoms with Crippen LogP contribution in [-0.4, -0.2) is 15.0 Å². The second-order valence-corrected chi connectivity index (χ2v) is 12.7. The van der Waals surface area contributed by atoms with Crippen molar-refractivity contribution in [2.45, 2.75) is 5.41 Å². The average Bonchev–Trinajstić information content (AvgIpc) is 3.23. The molecule has 0 fully saturated rings. The van der Waals surface area contributed by atoms with Gasteiger partial charge in [-0.25, -0.2) is 15.0 Å². The van der Waals surface area contributed by atoms with Gasteiger partial charge in [-0.15, -0.1) is 0 Å². The molecule has 0 saturated carbocycles. The Kier molecular flexibility index (Phi) is 7.68. The second kappa shape index (κ2) is 12.9. The summed E-state index contributed by atoms with van der Waals surface area (Å²) in [4.78, 5) is 15.2. The first kappa shape index (κ1) is 30.9. The van der Waals surface area contributed by atoms with Crippen molar-refractivity contribution in [3.63, 3.8) is 0 Å². The molecule has 0 amide bonds. The fourth-order valence-corrected chi connectivity index (χ4v) is 7.30. The lowest BCUT2D eigenvalue weighted by Crippen LogP contribution is -2.34. The van der Waals surface area contributed by atoms with Crippen molar-refractivity contribution in [1.29, 1.82) is 5.26 Å². The SMILES string of the molecule is N#Cc1cccc(-c2cccc(-c3nc(-c4ccccc4)nc(-c4ccc5c(c4)C(c4ccccc4)(c4ccccc4)c4ccccc4O5)n3)c2)c1. The molecular formula is C47H30N4O. The third-order valence-corrected chi connectivity index (χ3v) is 9.68. The predicted octanol–water partition coefficient (Wildman–Crippen LogP) is 10.9. The van der Waals surface area contributed by atoms with Gasteiger partial charge in [0.25, 0.3) is 0 Å². The maximum Gasteiger partial charge on any atom is 0.164 e. The fraction of sp³-hybridized carbons (Fsp3) is 0.0213. The smallest absolute Gasteiger partial charge is 0.164 e. The van der Waals surface area contributed by atoms with Gasteiger partial charge in [0.2, 0.25) is 0 Å². The van der Waals surface area contributed by atoms with E-state index >= 15 is 0 Å². The molecule has 1 aliphatic rings. The highest BCUT2D eigenvalue weighted by Crippen LogP contribution is 2.55. The maximum absolute atomic E-state index is 9.52. The van der Waals surface area contributed by atoms with Gasteiger partial charge in [-0.05, 0) is 64.7 Å². The molecule has 0 saturated heterocycles. The van der Waals surface area contributed by atoms with E-state index in [0.717, 1.165) is 61.6 Å². The van der Waals surface area contributed by atoms with E-state index in [2.05, 4.69) is 91.0 Å². The quantitative estimate of drug-likeness (QED) is 0.177. The Morgan fingerprint density at radius 1 is 0.404 bits per heavy atom. The minimum Gasteiger partial charge on any atom is -0.457 e. The molecule has 0 unspecified atom stereocenters. The molecule has 0 aliphatic carbocycles. The van der Waals surface area contributed by atoms with Crippen LogP contribution in [0.25, 0.3) is 45.3 Å². The first-order chi connectivity index (χ1) is 25.7. The van der Waals surface area contributed by atoms with E-state index in [1.165, 1.54) is 0 Å². The van der Waals surface area contributed by atoms with Crippen LogP contribution < -0.4 is 4.74 Å². The summed E-state index contributed by atoms with van der Waals surface area (Å²) in [5.41, 5.74) is 8.77. The normalized spacial score (nSPS) is 12.5. The van der Waals surface area contributed by atoms with Crippen molar-refractivity contribution in [3.05, 3.63) is 210 Å². The summed E-state index contributed by atoms with van der Waals surface area (Å²) in [5, 5.41) is 9.52. The highest BCUT2D eigenvalue weighted by molar-refractivity contribution is 5.76. The van der Waals surface area contributed by atoms with E-state index in [4.69, 9.17) is 19.7 Å². The molecular weight excluding hydrogens is 637 g/mol. The molecule has 52 heavy (non-hydrogen) atoms. The zero-order chi connectivity index (χ0) is 34.9. The second-order valence-electron chi connectivity index (χ2n) is 12.7. The first-order valence-corrected chi connectivity index (χ1v) is 17.2. The van der Waals surface area contributed by atoms with Gasteiger partial charge in [-0.2, -0.15) is 5.26 Å². The van der Waals surface area contributed by atoms with E-state index < -0.39 is 5.41 Å². The minimum absolute atomic E-state index is 0.553. The van der Waals surface area contributed by atoms with Crippen LogP contribution in [0.1, 0.15) is 27.8 Å². The first-order valence-electron chi connectivity index (χ1n) is 17.2. The van der Waals surface area contributed by atoms with Crippen LogP contribution in [0.4, 0.5) is 0 Å². The van der Waals surface area contributed by atoms with Gasteiger partial charge in [0, 0.05) is 27.8 Å². The number of hydrogen-bond acceptors (Lipinski definition) is 5. The number of ether oxygens (including phenoxy) is 1. The standard InChI is InChI=1S/C47H30N4O/c48-31-32-14-12-17-34(28-32)35-18-13-19-36(29-35)45-49-44(33-15-4-1-5-16-33)50-46(51-45)37-26-27-43-41(30-37)47(38-20-6-2-7-21-38,39-22-8-3-9-23-39)40-24-10-11-25-42(40)52-43/h1-30H. The summed E-state index contributed by atoms with van der Waals surface area (Å²) in [6.45, 7) is 0. The largest absolute Gasteiger partial charge is 0.457 e. The third-order valence-electron chi connectivity index (χ3n) is 9.68. The van der Waals surface area contributed by atoms with Crippen LogP contribution in [0.2, 0.25) is 0 Å². The number of aromatic nitrogens is 3. The topological polar surface area (TPSA) is 71.7 Å². The minimum atomic E-state index is -0.673. The van der Waals surface area contributed by atoms with Gasteiger partial charge < -0.3 is 4.74 Å². The average molecular weight is 667 g/mol. The summed E-state index contributed by atoms with van der Waals surface area (Å²) < 4.78 is 6.65. The lowest BCUT2D eigenvalue weighted by atomic mass is 9.63. The maximum atomic E-state index is 9.52. The lowest BCUT2D eigenvalue weighted by Gasteiger charge is -2.41. The Morgan fingerprint density at radius 3 is 1.58 bits per heavy atom.